The molecule has 16 heteroatoms. The van der Waals surface area contributed by atoms with E-state index in [0.29, 0.717) is 35.4 Å². The number of fused-ring (bicyclic) bond motifs is 4. The van der Waals surface area contributed by atoms with Crippen LogP contribution in [0, 0.1) is 0 Å². The Kier molecular flexibility index (Phi) is 9.58. The average Bonchev–Trinajstić information content (AvgIpc) is 3.71. The zero-order valence-electron chi connectivity index (χ0n) is 32.1. The van der Waals surface area contributed by atoms with Crippen LogP contribution in [-0.2, 0) is 24.7 Å². The Morgan fingerprint density at radius 2 is 0.766 bits per heavy atom. The van der Waals surface area contributed by atoms with Crippen LogP contribution < -0.4 is 4.90 Å². The van der Waals surface area contributed by atoms with Crippen LogP contribution in [0.5, 0.6) is 0 Å². The summed E-state index contributed by atoms with van der Waals surface area (Å²) in [6.07, 6.45) is -20.8. The van der Waals surface area contributed by atoms with Gasteiger partial charge in [0.2, 0.25) is 0 Å². The fraction of sp³-hybridized carbons (Fsp3) is 0.0833. The highest BCUT2D eigenvalue weighted by Gasteiger charge is 2.42. The second kappa shape index (κ2) is 14.6. The topological polar surface area (TPSA) is 42.3 Å². The van der Waals surface area contributed by atoms with E-state index < -0.39 is 69.9 Å². The van der Waals surface area contributed by atoms with Gasteiger partial charge in [0.1, 0.15) is 0 Å². The van der Waals surface area contributed by atoms with E-state index in [-0.39, 0.29) is 67.6 Å². The van der Waals surface area contributed by atoms with Gasteiger partial charge in [-0.3, -0.25) is 9.59 Å². The van der Waals surface area contributed by atoms with E-state index in [4.69, 9.17) is 0 Å². The predicted octanol–water partition coefficient (Wildman–Crippen LogP) is 14.7. The number of hydrogen-bond acceptors (Lipinski definition) is 2. The van der Waals surface area contributed by atoms with E-state index in [1.165, 1.54) is 59.2 Å². The minimum absolute atomic E-state index is 0.0316. The van der Waals surface area contributed by atoms with Crippen LogP contribution >= 0.6 is 0 Å². The normalized spacial score (nSPS) is 13.7. The number of carbonyl (C=O) groups is 2. The molecule has 7 aromatic carbocycles. The summed E-state index contributed by atoms with van der Waals surface area (Å²) in [5.74, 6) is -1.58. The van der Waals surface area contributed by atoms with E-state index in [2.05, 4.69) is 0 Å². The summed E-state index contributed by atoms with van der Waals surface area (Å²) in [7, 11) is 0. The van der Waals surface area contributed by atoms with Gasteiger partial charge in [-0.2, -0.15) is 52.7 Å². The number of imide groups is 1. The van der Waals surface area contributed by atoms with Crippen molar-refractivity contribution < 1.29 is 62.3 Å². The number of hydrogen-bond donors (Lipinski definition) is 0. The molecule has 8 aromatic rings. The lowest BCUT2D eigenvalue weighted by molar-refractivity contribution is -0.144. The number of alkyl halides is 12. The van der Waals surface area contributed by atoms with Crippen molar-refractivity contribution in [2.45, 2.75) is 24.7 Å². The van der Waals surface area contributed by atoms with Crippen molar-refractivity contribution >= 4 is 39.3 Å². The lowest BCUT2D eigenvalue weighted by Gasteiger charge is -2.19. The summed E-state index contributed by atoms with van der Waals surface area (Å²) < 4.78 is 169. The van der Waals surface area contributed by atoms with E-state index in [0.717, 1.165) is 4.90 Å². The summed E-state index contributed by atoms with van der Waals surface area (Å²) in [6, 6.07) is 29.4. The molecule has 1 aliphatic heterocycles. The van der Waals surface area contributed by atoms with Crippen molar-refractivity contribution in [2.24, 2.45) is 0 Å². The monoisotopic (exact) mass is 888 g/mol. The molecule has 322 valence electrons. The van der Waals surface area contributed by atoms with Crippen LogP contribution in [0.4, 0.5) is 58.4 Å². The van der Waals surface area contributed by atoms with Gasteiger partial charge in [-0.05, 0) is 94.5 Å². The third-order valence-corrected chi connectivity index (χ3v) is 11.0. The van der Waals surface area contributed by atoms with Crippen molar-refractivity contribution in [1.29, 1.82) is 0 Å². The maximum Gasteiger partial charge on any atom is 0.416 e. The molecule has 0 saturated heterocycles. The number of carbonyl (C=O) groups excluding carboxylic acids is 2. The first-order chi connectivity index (χ1) is 30.1. The molecule has 0 aliphatic carbocycles. The summed E-state index contributed by atoms with van der Waals surface area (Å²) in [4.78, 5) is 30.0. The maximum atomic E-state index is 14.7. The quantitative estimate of drug-likeness (QED) is 0.128. The van der Waals surface area contributed by atoms with Crippen LogP contribution in [0.1, 0.15) is 43.0 Å². The molecule has 9 rings (SSSR count). The van der Waals surface area contributed by atoms with Crippen molar-refractivity contribution in [3.63, 3.8) is 0 Å². The molecular weight excluding hydrogens is 865 g/mol. The largest absolute Gasteiger partial charge is 0.416 e. The molecule has 1 aromatic heterocycles. The van der Waals surface area contributed by atoms with E-state index in [1.807, 2.05) is 0 Å². The Labute approximate surface area is 353 Å². The van der Waals surface area contributed by atoms with Gasteiger partial charge >= 0.3 is 24.7 Å². The Balaban J connectivity index is 1.32. The van der Waals surface area contributed by atoms with E-state index in [1.54, 1.807) is 54.6 Å². The van der Waals surface area contributed by atoms with Gasteiger partial charge in [0, 0.05) is 16.3 Å². The first-order valence-corrected chi connectivity index (χ1v) is 18.9. The van der Waals surface area contributed by atoms with Crippen LogP contribution in [0.2, 0.25) is 0 Å². The fourth-order valence-electron chi connectivity index (χ4n) is 8.08. The van der Waals surface area contributed by atoms with Crippen molar-refractivity contribution in [3.8, 4) is 39.1 Å². The molecule has 0 radical (unpaired) electrons. The molecule has 0 unspecified atom stereocenters. The summed E-state index contributed by atoms with van der Waals surface area (Å²) >= 11 is 0. The number of aromatic nitrogens is 1. The Morgan fingerprint density at radius 3 is 1.23 bits per heavy atom. The van der Waals surface area contributed by atoms with Crippen molar-refractivity contribution in [1.82, 2.24) is 4.57 Å². The lowest BCUT2D eigenvalue weighted by Crippen LogP contribution is -2.30. The molecule has 1 aliphatic rings. The van der Waals surface area contributed by atoms with E-state index in [9.17, 15) is 62.3 Å². The molecule has 4 nitrogen and oxygen atoms in total. The van der Waals surface area contributed by atoms with Crippen molar-refractivity contribution in [3.05, 3.63) is 179 Å². The molecule has 0 saturated carbocycles. The molecule has 0 atom stereocenters. The minimum atomic E-state index is -5.19. The Hall–Kier alpha value is -7.36. The number of nitrogens with zero attached hydrogens (tertiary/aromatic N) is 2. The zero-order valence-corrected chi connectivity index (χ0v) is 32.1. The number of amides is 2. The van der Waals surface area contributed by atoms with Gasteiger partial charge in [-0.15, -0.1) is 0 Å². The van der Waals surface area contributed by atoms with Gasteiger partial charge in [0.15, 0.2) is 0 Å². The number of benzene rings is 7. The molecule has 2 amide bonds. The van der Waals surface area contributed by atoms with Gasteiger partial charge in [0.25, 0.3) is 11.8 Å². The summed E-state index contributed by atoms with van der Waals surface area (Å²) in [6.45, 7) is 0. The van der Waals surface area contributed by atoms with Gasteiger partial charge in [0.05, 0.1) is 55.8 Å². The number of rotatable bonds is 5. The van der Waals surface area contributed by atoms with Crippen LogP contribution in [-0.4, -0.2) is 16.4 Å². The molecule has 0 spiro atoms. The minimum Gasteiger partial charge on any atom is -0.308 e. The summed E-state index contributed by atoms with van der Waals surface area (Å²) in [5, 5.41) is 0.544. The second-order valence-corrected chi connectivity index (χ2v) is 14.9. The van der Waals surface area contributed by atoms with Gasteiger partial charge in [-0.1, -0.05) is 78.9 Å². The number of halogens is 12. The van der Waals surface area contributed by atoms with Crippen LogP contribution in [0.3, 0.4) is 0 Å². The Bertz CT molecular complexity index is 3020. The van der Waals surface area contributed by atoms with Gasteiger partial charge < -0.3 is 4.57 Å². The second-order valence-electron chi connectivity index (χ2n) is 14.9. The highest BCUT2D eigenvalue weighted by molar-refractivity contribution is 6.36. The first kappa shape index (κ1) is 42.0. The average molecular weight is 889 g/mol. The molecule has 0 N–H and O–H groups in total. The van der Waals surface area contributed by atoms with Gasteiger partial charge in [-0.25, -0.2) is 4.90 Å². The summed E-state index contributed by atoms with van der Waals surface area (Å²) in [5.41, 5.74) is -6.57. The smallest absolute Gasteiger partial charge is 0.308 e. The van der Waals surface area contributed by atoms with E-state index >= 15 is 0 Å². The third-order valence-electron chi connectivity index (χ3n) is 11.0. The third kappa shape index (κ3) is 7.21. The lowest BCUT2D eigenvalue weighted by atomic mass is 9.97. The molecule has 0 bridgehead atoms. The number of para-hydroxylation sites is 1. The molecule has 64 heavy (non-hydrogen) atoms. The van der Waals surface area contributed by atoms with Crippen LogP contribution in [0.15, 0.2) is 146 Å². The fourth-order valence-corrected chi connectivity index (χ4v) is 8.08. The standard InChI is InChI=1S/C48H24F12N2O2/c49-45(50,51)30-17-28(18-31(23-30)46(52,53)54)26-13-15-35-36-16-14-27(29-19-32(47(55,56)57)24-33(20-29)48(58,59)60)22-41(36)61(40(35)21-26)39-12-6-10-37-42(39)44(64)62(43(37)63)38-11-5-4-9-34(38)25-7-2-1-3-8-25/h1-24H. The molecule has 2 heterocycles. The zero-order chi connectivity index (χ0) is 45.7. The van der Waals surface area contributed by atoms with Crippen LogP contribution in [0.25, 0.3) is 60.9 Å². The highest BCUT2D eigenvalue weighted by Crippen LogP contribution is 2.45. The first-order valence-electron chi connectivity index (χ1n) is 18.9. The maximum absolute atomic E-state index is 14.7. The molecular formula is C48H24F12N2O2. The predicted molar refractivity (Wildman–Crippen MR) is 215 cm³/mol. The highest BCUT2D eigenvalue weighted by atomic mass is 19.4. The Morgan fingerprint density at radius 1 is 0.344 bits per heavy atom. The molecule has 0 fully saturated rings. The number of anilines is 1. The SMILES string of the molecule is O=C1c2cccc(-n3c4cc(-c5cc(C(F)(F)F)cc(C(F)(F)F)c5)ccc4c4ccc(-c5cc(C(F)(F)F)cc(C(F)(F)F)c5)cc43)c2C(=O)N1c1ccccc1-c1ccccc1. The van der Waals surface area contributed by atoms with Crippen molar-refractivity contribution in [2.75, 3.05) is 4.90 Å².